The number of hydrogen-bond acceptors (Lipinski definition) is 3. The van der Waals surface area contributed by atoms with Gasteiger partial charge < -0.3 is 5.32 Å². The second-order valence-corrected chi connectivity index (χ2v) is 4.43. The Kier molecular flexibility index (Phi) is 4.42. The molecule has 0 bridgehead atoms. The van der Waals surface area contributed by atoms with Crippen LogP contribution >= 0.6 is 22.9 Å². The maximum atomic E-state index is 5.61. The van der Waals surface area contributed by atoms with E-state index in [1.165, 1.54) is 9.88 Å². The van der Waals surface area contributed by atoms with E-state index < -0.39 is 0 Å². The molecule has 0 atom stereocenters. The first kappa shape index (κ1) is 10.7. The van der Waals surface area contributed by atoms with Crippen LogP contribution in [0.1, 0.15) is 16.8 Å². The van der Waals surface area contributed by atoms with Gasteiger partial charge in [-0.2, -0.15) is 0 Å². The van der Waals surface area contributed by atoms with Gasteiger partial charge in [-0.1, -0.05) is 25.1 Å². The van der Waals surface area contributed by atoms with Crippen LogP contribution < -0.4 is 5.32 Å². The number of hydrogen-bond donors (Lipinski definition) is 1. The Hall–Kier alpha value is -0.380. The van der Waals surface area contributed by atoms with E-state index in [0.717, 1.165) is 13.0 Å². The first-order valence-electron chi connectivity index (χ1n) is 4.20. The maximum absolute atomic E-state index is 5.61. The SMILES string of the molecule is C=C(Cl)CNCc1cnc(CC)s1. The molecule has 1 aromatic rings. The van der Waals surface area contributed by atoms with Gasteiger partial charge in [-0.15, -0.1) is 11.3 Å². The fourth-order valence-electron chi connectivity index (χ4n) is 0.915. The van der Waals surface area contributed by atoms with E-state index >= 15 is 0 Å². The molecular weight excluding hydrogens is 204 g/mol. The topological polar surface area (TPSA) is 24.9 Å². The smallest absolute Gasteiger partial charge is 0.0925 e. The molecular formula is C9H13ClN2S. The number of aromatic nitrogens is 1. The van der Waals surface area contributed by atoms with E-state index in [1.54, 1.807) is 11.3 Å². The van der Waals surface area contributed by atoms with E-state index in [0.29, 0.717) is 11.6 Å². The highest BCUT2D eigenvalue weighted by molar-refractivity contribution is 7.11. The summed E-state index contributed by atoms with van der Waals surface area (Å²) >= 11 is 7.35. The summed E-state index contributed by atoms with van der Waals surface area (Å²) in [7, 11) is 0. The van der Waals surface area contributed by atoms with E-state index in [4.69, 9.17) is 11.6 Å². The summed E-state index contributed by atoms with van der Waals surface area (Å²) in [5, 5.41) is 5.00. The third-order valence-corrected chi connectivity index (χ3v) is 2.80. The first-order valence-corrected chi connectivity index (χ1v) is 5.39. The molecule has 0 spiro atoms. The summed E-state index contributed by atoms with van der Waals surface area (Å²) in [6.07, 6.45) is 2.92. The minimum Gasteiger partial charge on any atom is -0.307 e. The molecule has 0 aliphatic carbocycles. The standard InChI is InChI=1S/C9H13ClN2S/c1-3-9-12-6-8(13-9)5-11-4-7(2)10/h6,11H,2-5H2,1H3. The van der Waals surface area contributed by atoms with Crippen LogP contribution in [0.3, 0.4) is 0 Å². The molecule has 0 aliphatic heterocycles. The average molecular weight is 217 g/mol. The Labute approximate surface area is 87.6 Å². The fraction of sp³-hybridized carbons (Fsp3) is 0.444. The van der Waals surface area contributed by atoms with Crippen LogP contribution in [0.5, 0.6) is 0 Å². The number of halogens is 1. The van der Waals surface area contributed by atoms with Crippen molar-refractivity contribution in [3.05, 3.63) is 27.7 Å². The number of thiazole rings is 1. The van der Waals surface area contributed by atoms with E-state index in [1.807, 2.05) is 6.20 Å². The van der Waals surface area contributed by atoms with Crippen molar-refractivity contribution in [2.75, 3.05) is 6.54 Å². The lowest BCUT2D eigenvalue weighted by Gasteiger charge is -1.98. The highest BCUT2D eigenvalue weighted by Gasteiger charge is 1.99. The zero-order chi connectivity index (χ0) is 9.68. The number of rotatable bonds is 5. The number of aryl methyl sites for hydroxylation is 1. The second kappa shape index (κ2) is 5.37. The molecule has 13 heavy (non-hydrogen) atoms. The molecule has 4 heteroatoms. The highest BCUT2D eigenvalue weighted by atomic mass is 35.5. The van der Waals surface area contributed by atoms with Crippen molar-refractivity contribution in [1.29, 1.82) is 0 Å². The molecule has 1 rings (SSSR count). The summed E-state index contributed by atoms with van der Waals surface area (Å²) in [6, 6.07) is 0. The van der Waals surface area contributed by atoms with Crippen LogP contribution in [0.25, 0.3) is 0 Å². The molecule has 1 heterocycles. The summed E-state index contributed by atoms with van der Waals surface area (Å²) in [6.45, 7) is 7.18. The quantitative estimate of drug-likeness (QED) is 0.819. The monoisotopic (exact) mass is 216 g/mol. The van der Waals surface area contributed by atoms with Crippen LogP contribution in [0, 0.1) is 0 Å². The Morgan fingerprint density at radius 2 is 2.54 bits per heavy atom. The molecule has 0 amide bonds. The third-order valence-electron chi connectivity index (χ3n) is 1.52. The lowest BCUT2D eigenvalue weighted by molar-refractivity contribution is 0.763. The van der Waals surface area contributed by atoms with Gasteiger partial charge in [-0.25, -0.2) is 4.98 Å². The summed E-state index contributed by atoms with van der Waals surface area (Å²) in [4.78, 5) is 5.50. The van der Waals surface area contributed by atoms with Crippen LogP contribution in [-0.4, -0.2) is 11.5 Å². The van der Waals surface area contributed by atoms with Crippen LogP contribution in [0.2, 0.25) is 0 Å². The van der Waals surface area contributed by atoms with Crippen molar-refractivity contribution in [2.24, 2.45) is 0 Å². The second-order valence-electron chi connectivity index (χ2n) is 2.69. The molecule has 0 aromatic carbocycles. The van der Waals surface area contributed by atoms with E-state index in [-0.39, 0.29) is 0 Å². The number of nitrogens with one attached hydrogen (secondary N) is 1. The van der Waals surface area contributed by atoms with Gasteiger partial charge in [-0.05, 0) is 6.42 Å². The summed E-state index contributed by atoms with van der Waals surface area (Å²) in [5.41, 5.74) is 0. The van der Waals surface area contributed by atoms with Crippen molar-refractivity contribution >= 4 is 22.9 Å². The van der Waals surface area contributed by atoms with Gasteiger partial charge in [0.05, 0.1) is 5.01 Å². The van der Waals surface area contributed by atoms with Gasteiger partial charge >= 0.3 is 0 Å². The predicted octanol–water partition coefficient (Wildman–Crippen LogP) is 2.55. The van der Waals surface area contributed by atoms with Gasteiger partial charge in [0.15, 0.2) is 0 Å². The van der Waals surface area contributed by atoms with Crippen molar-refractivity contribution in [2.45, 2.75) is 19.9 Å². The lowest BCUT2D eigenvalue weighted by Crippen LogP contribution is -2.13. The molecule has 0 unspecified atom stereocenters. The zero-order valence-corrected chi connectivity index (χ0v) is 9.21. The normalized spacial score (nSPS) is 10.3. The maximum Gasteiger partial charge on any atom is 0.0925 e. The lowest BCUT2D eigenvalue weighted by atomic mass is 10.5. The molecule has 0 aliphatic rings. The van der Waals surface area contributed by atoms with Gasteiger partial charge in [-0.3, -0.25) is 0 Å². The number of nitrogens with zero attached hydrogens (tertiary/aromatic N) is 1. The highest BCUT2D eigenvalue weighted by Crippen LogP contribution is 2.12. The Morgan fingerprint density at radius 1 is 1.77 bits per heavy atom. The molecule has 0 saturated heterocycles. The summed E-state index contributed by atoms with van der Waals surface area (Å²) in [5.74, 6) is 0. The van der Waals surface area contributed by atoms with Crippen molar-refractivity contribution in [1.82, 2.24) is 10.3 Å². The third kappa shape index (κ3) is 3.89. The predicted molar refractivity (Wildman–Crippen MR) is 58.2 cm³/mol. The molecule has 0 radical (unpaired) electrons. The van der Waals surface area contributed by atoms with Gasteiger partial charge in [0.1, 0.15) is 0 Å². The zero-order valence-electron chi connectivity index (χ0n) is 7.64. The molecule has 72 valence electrons. The Morgan fingerprint density at radius 3 is 3.08 bits per heavy atom. The minimum atomic E-state index is 0.639. The largest absolute Gasteiger partial charge is 0.307 e. The average Bonchev–Trinajstić information content (AvgIpc) is 2.52. The van der Waals surface area contributed by atoms with Gasteiger partial charge in [0.25, 0.3) is 0 Å². The van der Waals surface area contributed by atoms with Crippen LogP contribution in [-0.2, 0) is 13.0 Å². The van der Waals surface area contributed by atoms with Crippen LogP contribution in [0.15, 0.2) is 17.8 Å². The van der Waals surface area contributed by atoms with Crippen molar-refractivity contribution in [3.8, 4) is 0 Å². The van der Waals surface area contributed by atoms with Gasteiger partial charge in [0.2, 0.25) is 0 Å². The summed E-state index contributed by atoms with van der Waals surface area (Å²) < 4.78 is 0. The minimum absolute atomic E-state index is 0.639. The molecule has 1 aromatic heterocycles. The molecule has 2 nitrogen and oxygen atoms in total. The Balaban J connectivity index is 2.32. The van der Waals surface area contributed by atoms with Crippen molar-refractivity contribution < 1.29 is 0 Å². The fourth-order valence-corrected chi connectivity index (χ4v) is 1.84. The Bertz CT molecular complexity index is 283. The molecule has 0 saturated carbocycles. The van der Waals surface area contributed by atoms with E-state index in [2.05, 4.69) is 23.8 Å². The van der Waals surface area contributed by atoms with Crippen molar-refractivity contribution in [3.63, 3.8) is 0 Å². The van der Waals surface area contributed by atoms with E-state index in [9.17, 15) is 0 Å². The van der Waals surface area contributed by atoms with Crippen LogP contribution in [0.4, 0.5) is 0 Å². The van der Waals surface area contributed by atoms with Gasteiger partial charge in [0, 0.05) is 29.2 Å². The molecule has 1 N–H and O–H groups in total. The molecule has 0 fully saturated rings. The first-order chi connectivity index (χ1) is 6.22.